The first-order valence-electron chi connectivity index (χ1n) is 4.97. The number of nitrogens with two attached hydrogens (primary N) is 1. The maximum atomic E-state index is 11.8. The van der Waals surface area contributed by atoms with Gasteiger partial charge in [0, 0.05) is 11.8 Å². The van der Waals surface area contributed by atoms with E-state index in [1.807, 2.05) is 11.8 Å². The molecule has 4 N–H and O–H groups in total. The summed E-state index contributed by atoms with van der Waals surface area (Å²) in [5.74, 6) is 7.45. The van der Waals surface area contributed by atoms with Crippen LogP contribution in [0.1, 0.15) is 16.9 Å². The molecule has 0 aromatic carbocycles. The minimum atomic E-state index is -0.197. The summed E-state index contributed by atoms with van der Waals surface area (Å²) in [6, 6.07) is 0.244. The van der Waals surface area contributed by atoms with Gasteiger partial charge in [-0.05, 0) is 12.2 Å². The van der Waals surface area contributed by atoms with Gasteiger partial charge in [0.05, 0.1) is 12.4 Å². The molecule has 0 radical (unpaired) electrons. The molecule has 6 nitrogen and oxygen atoms in total. The minimum Gasteiger partial charge on any atom is -0.347 e. The van der Waals surface area contributed by atoms with Crippen LogP contribution in [0.2, 0.25) is 0 Å². The number of carbonyl (C=O) groups is 1. The Morgan fingerprint density at radius 2 is 2.44 bits per heavy atom. The monoisotopic (exact) mass is 239 g/mol. The van der Waals surface area contributed by atoms with Gasteiger partial charge in [-0.25, -0.2) is 10.8 Å². The first kappa shape index (κ1) is 11.2. The van der Waals surface area contributed by atoms with Crippen molar-refractivity contribution in [2.45, 2.75) is 12.5 Å². The number of nitrogen functional groups attached to an aromatic ring is 1. The van der Waals surface area contributed by atoms with Crippen LogP contribution >= 0.6 is 11.8 Å². The summed E-state index contributed by atoms with van der Waals surface area (Å²) in [6.07, 6.45) is 3.90. The van der Waals surface area contributed by atoms with Crippen molar-refractivity contribution in [2.75, 3.05) is 16.9 Å². The lowest BCUT2D eigenvalue weighted by molar-refractivity contribution is 0.0936. The summed E-state index contributed by atoms with van der Waals surface area (Å²) >= 11 is 1.84. The van der Waals surface area contributed by atoms with Crippen LogP contribution in [-0.4, -0.2) is 33.4 Å². The number of hydrogen-bond donors (Lipinski definition) is 3. The van der Waals surface area contributed by atoms with Gasteiger partial charge in [-0.1, -0.05) is 0 Å². The van der Waals surface area contributed by atoms with Crippen LogP contribution in [0.25, 0.3) is 0 Å². The molecular weight excluding hydrogens is 226 g/mol. The van der Waals surface area contributed by atoms with Crippen molar-refractivity contribution in [3.05, 3.63) is 18.1 Å². The number of nitrogens with one attached hydrogen (secondary N) is 2. The number of nitrogens with zero attached hydrogens (tertiary/aromatic N) is 2. The van der Waals surface area contributed by atoms with Crippen molar-refractivity contribution in [2.24, 2.45) is 5.84 Å². The topological polar surface area (TPSA) is 92.9 Å². The van der Waals surface area contributed by atoms with Crippen molar-refractivity contribution >= 4 is 23.5 Å². The Balaban J connectivity index is 2.01. The average Bonchev–Trinajstić information content (AvgIpc) is 2.82. The molecule has 0 bridgehead atoms. The molecular formula is C9H13N5OS. The highest BCUT2D eigenvalue weighted by molar-refractivity contribution is 7.99. The number of amides is 1. The highest BCUT2D eigenvalue weighted by Gasteiger charge is 2.19. The van der Waals surface area contributed by atoms with Crippen LogP contribution in [0.4, 0.5) is 5.82 Å². The number of rotatable bonds is 3. The zero-order valence-corrected chi connectivity index (χ0v) is 9.46. The van der Waals surface area contributed by atoms with Gasteiger partial charge in [-0.3, -0.25) is 9.78 Å². The van der Waals surface area contributed by atoms with Gasteiger partial charge in [0.2, 0.25) is 0 Å². The third-order valence-corrected chi connectivity index (χ3v) is 3.44. The number of anilines is 1. The summed E-state index contributed by atoms with van der Waals surface area (Å²) in [7, 11) is 0. The minimum absolute atomic E-state index is 0.197. The quantitative estimate of drug-likeness (QED) is 0.508. The maximum Gasteiger partial charge on any atom is 0.271 e. The highest BCUT2D eigenvalue weighted by atomic mass is 32.2. The first-order valence-corrected chi connectivity index (χ1v) is 6.12. The summed E-state index contributed by atoms with van der Waals surface area (Å²) in [6.45, 7) is 0. The van der Waals surface area contributed by atoms with Gasteiger partial charge >= 0.3 is 0 Å². The van der Waals surface area contributed by atoms with Crippen LogP contribution in [0.3, 0.4) is 0 Å². The zero-order valence-electron chi connectivity index (χ0n) is 8.64. The fraction of sp³-hybridized carbons (Fsp3) is 0.444. The predicted molar refractivity (Wildman–Crippen MR) is 63.0 cm³/mol. The average molecular weight is 239 g/mol. The van der Waals surface area contributed by atoms with E-state index in [2.05, 4.69) is 20.7 Å². The van der Waals surface area contributed by atoms with E-state index in [4.69, 9.17) is 5.84 Å². The number of carbonyl (C=O) groups excluding carboxylic acids is 1. The number of hydrazine groups is 1. The number of aromatic nitrogens is 2. The molecule has 86 valence electrons. The van der Waals surface area contributed by atoms with Crippen molar-refractivity contribution in [3.63, 3.8) is 0 Å². The fourth-order valence-corrected chi connectivity index (χ4v) is 2.60. The Labute approximate surface area is 97.4 Å². The SMILES string of the molecule is NNc1cncc(C(=O)NC2CCSC2)n1. The Morgan fingerprint density at radius 3 is 3.12 bits per heavy atom. The molecule has 1 fully saturated rings. The maximum absolute atomic E-state index is 11.8. The van der Waals surface area contributed by atoms with Crippen LogP contribution in [0.15, 0.2) is 12.4 Å². The van der Waals surface area contributed by atoms with Gasteiger partial charge < -0.3 is 10.7 Å². The lowest BCUT2D eigenvalue weighted by Crippen LogP contribution is -2.35. The van der Waals surface area contributed by atoms with E-state index < -0.39 is 0 Å². The molecule has 1 aromatic rings. The molecule has 0 saturated carbocycles. The predicted octanol–water partition coefficient (Wildman–Crippen LogP) is -0.00250. The third kappa shape index (κ3) is 2.61. The molecule has 1 atom stereocenters. The summed E-state index contributed by atoms with van der Waals surface area (Å²) < 4.78 is 0. The molecule has 0 aliphatic carbocycles. The second-order valence-electron chi connectivity index (χ2n) is 3.47. The number of hydrogen-bond acceptors (Lipinski definition) is 6. The van der Waals surface area contributed by atoms with E-state index in [1.165, 1.54) is 12.4 Å². The van der Waals surface area contributed by atoms with E-state index >= 15 is 0 Å². The molecule has 1 aliphatic heterocycles. The molecule has 1 saturated heterocycles. The summed E-state index contributed by atoms with van der Waals surface area (Å²) in [5, 5.41) is 2.92. The summed E-state index contributed by atoms with van der Waals surface area (Å²) in [4.78, 5) is 19.7. The van der Waals surface area contributed by atoms with Gasteiger partial charge in [0.1, 0.15) is 5.69 Å². The van der Waals surface area contributed by atoms with Crippen LogP contribution in [-0.2, 0) is 0 Å². The van der Waals surface area contributed by atoms with E-state index in [-0.39, 0.29) is 17.6 Å². The Bertz CT molecular complexity index is 380. The standard InChI is InChI=1S/C9H13N5OS/c10-14-8-4-11-3-7(13-8)9(15)12-6-1-2-16-5-6/h3-4,6H,1-2,5,10H2,(H,12,15)(H,13,14). The molecule has 1 aliphatic rings. The van der Waals surface area contributed by atoms with Gasteiger partial charge in [0.25, 0.3) is 5.91 Å². The molecule has 16 heavy (non-hydrogen) atoms. The lowest BCUT2D eigenvalue weighted by atomic mass is 10.2. The van der Waals surface area contributed by atoms with E-state index in [0.29, 0.717) is 5.82 Å². The number of thioether (sulfide) groups is 1. The van der Waals surface area contributed by atoms with Crippen molar-refractivity contribution < 1.29 is 4.79 Å². The molecule has 7 heteroatoms. The van der Waals surface area contributed by atoms with Crippen LogP contribution in [0.5, 0.6) is 0 Å². The van der Waals surface area contributed by atoms with E-state index in [0.717, 1.165) is 17.9 Å². The smallest absolute Gasteiger partial charge is 0.271 e. The molecule has 2 rings (SSSR count). The normalized spacial score (nSPS) is 19.4. The summed E-state index contributed by atoms with van der Waals surface area (Å²) in [5.41, 5.74) is 2.64. The Kier molecular flexibility index (Phi) is 3.58. The van der Waals surface area contributed by atoms with Crippen molar-refractivity contribution in [1.82, 2.24) is 15.3 Å². The Morgan fingerprint density at radius 1 is 1.56 bits per heavy atom. The van der Waals surface area contributed by atoms with Crippen molar-refractivity contribution in [3.8, 4) is 0 Å². The molecule has 1 unspecified atom stereocenters. The van der Waals surface area contributed by atoms with Gasteiger partial charge in [-0.15, -0.1) is 0 Å². The van der Waals surface area contributed by atoms with Gasteiger partial charge in [0.15, 0.2) is 5.82 Å². The second kappa shape index (κ2) is 5.13. The molecule has 0 spiro atoms. The van der Waals surface area contributed by atoms with Gasteiger partial charge in [-0.2, -0.15) is 11.8 Å². The molecule has 1 amide bonds. The lowest BCUT2D eigenvalue weighted by Gasteiger charge is -2.10. The molecule has 2 heterocycles. The largest absolute Gasteiger partial charge is 0.347 e. The Hall–Kier alpha value is -1.34. The second-order valence-corrected chi connectivity index (χ2v) is 4.62. The highest BCUT2D eigenvalue weighted by Crippen LogP contribution is 2.17. The van der Waals surface area contributed by atoms with Crippen LogP contribution < -0.4 is 16.6 Å². The van der Waals surface area contributed by atoms with Crippen LogP contribution in [0, 0.1) is 0 Å². The third-order valence-electron chi connectivity index (χ3n) is 2.28. The van der Waals surface area contributed by atoms with E-state index in [9.17, 15) is 4.79 Å². The van der Waals surface area contributed by atoms with Crippen molar-refractivity contribution in [1.29, 1.82) is 0 Å². The van der Waals surface area contributed by atoms with E-state index in [1.54, 1.807) is 0 Å². The zero-order chi connectivity index (χ0) is 11.4. The fourth-order valence-electron chi connectivity index (χ4n) is 1.45. The molecule has 1 aromatic heterocycles. The first-order chi connectivity index (χ1) is 7.79.